The lowest BCUT2D eigenvalue weighted by Gasteiger charge is -2.06. The van der Waals surface area contributed by atoms with Crippen molar-refractivity contribution in [2.45, 2.75) is 6.92 Å². The summed E-state index contributed by atoms with van der Waals surface area (Å²) >= 11 is 5.68. The van der Waals surface area contributed by atoms with Crippen LogP contribution in [0.1, 0.15) is 27.6 Å². The normalized spacial score (nSPS) is 10.2. The Kier molecular flexibility index (Phi) is 6.08. The van der Waals surface area contributed by atoms with Crippen molar-refractivity contribution in [3.63, 3.8) is 0 Å². The fraction of sp³-hybridized carbons (Fsp3) is 0.176. The van der Waals surface area contributed by atoms with Gasteiger partial charge in [0, 0.05) is 11.6 Å². The Bertz CT molecular complexity index is 803. The highest BCUT2D eigenvalue weighted by Crippen LogP contribution is 2.25. The summed E-state index contributed by atoms with van der Waals surface area (Å²) in [5.74, 6) is -0.622. The van der Waals surface area contributed by atoms with Gasteiger partial charge in [-0.2, -0.15) is 0 Å². The highest BCUT2D eigenvalue weighted by molar-refractivity contribution is 6.32. The standard InChI is InChI=1S/C17H14ClNO6/c1-2-24-13-6-3-11(4-7-13)16(20)10-25-17(21)12-5-8-14(18)15(9-12)19(22)23/h3-9H,2,10H2,1H3. The first-order chi connectivity index (χ1) is 11.9. The number of hydrogen-bond donors (Lipinski definition) is 0. The van der Waals surface area contributed by atoms with Crippen molar-refractivity contribution in [3.8, 4) is 5.75 Å². The minimum atomic E-state index is -0.848. The molecule has 0 saturated heterocycles. The van der Waals surface area contributed by atoms with Gasteiger partial charge in [-0.25, -0.2) is 4.79 Å². The third-order valence-corrected chi connectivity index (χ3v) is 3.52. The minimum Gasteiger partial charge on any atom is -0.494 e. The molecule has 0 spiro atoms. The van der Waals surface area contributed by atoms with Crippen molar-refractivity contribution in [1.82, 2.24) is 0 Å². The smallest absolute Gasteiger partial charge is 0.338 e. The van der Waals surface area contributed by atoms with Crippen LogP contribution in [-0.4, -0.2) is 29.9 Å². The second kappa shape index (κ2) is 8.25. The van der Waals surface area contributed by atoms with E-state index in [-0.39, 0.29) is 10.6 Å². The predicted octanol–water partition coefficient (Wildman–Crippen LogP) is 3.69. The second-order valence-corrected chi connectivity index (χ2v) is 5.29. The first-order valence-electron chi connectivity index (χ1n) is 7.29. The van der Waals surface area contributed by atoms with Gasteiger partial charge in [-0.1, -0.05) is 11.6 Å². The van der Waals surface area contributed by atoms with Crippen LogP contribution in [-0.2, 0) is 4.74 Å². The van der Waals surface area contributed by atoms with Crippen LogP contribution in [0.3, 0.4) is 0 Å². The molecular weight excluding hydrogens is 350 g/mol. The Morgan fingerprint density at radius 1 is 1.12 bits per heavy atom. The number of carbonyl (C=O) groups is 2. The van der Waals surface area contributed by atoms with Crippen LogP contribution in [0, 0.1) is 10.1 Å². The number of carbonyl (C=O) groups excluding carboxylic acids is 2. The highest BCUT2D eigenvalue weighted by Gasteiger charge is 2.18. The number of Topliss-reactive ketones (excluding diaryl/α,β-unsaturated/α-hetero) is 1. The van der Waals surface area contributed by atoms with E-state index in [0.717, 1.165) is 6.07 Å². The molecule has 2 rings (SSSR count). The number of rotatable bonds is 7. The van der Waals surface area contributed by atoms with E-state index in [1.165, 1.54) is 12.1 Å². The molecular formula is C17H14ClNO6. The van der Waals surface area contributed by atoms with E-state index in [1.807, 2.05) is 6.92 Å². The third kappa shape index (κ3) is 4.77. The SMILES string of the molecule is CCOc1ccc(C(=O)COC(=O)c2ccc(Cl)c([N+](=O)[O-])c2)cc1. The number of nitrogens with zero attached hydrogens (tertiary/aromatic N) is 1. The molecule has 7 nitrogen and oxygen atoms in total. The van der Waals surface area contributed by atoms with E-state index in [4.69, 9.17) is 21.1 Å². The van der Waals surface area contributed by atoms with E-state index in [1.54, 1.807) is 24.3 Å². The zero-order valence-electron chi connectivity index (χ0n) is 13.2. The maximum Gasteiger partial charge on any atom is 0.338 e. The van der Waals surface area contributed by atoms with Gasteiger partial charge < -0.3 is 9.47 Å². The highest BCUT2D eigenvalue weighted by atomic mass is 35.5. The molecule has 0 bridgehead atoms. The van der Waals surface area contributed by atoms with Gasteiger partial charge >= 0.3 is 5.97 Å². The molecule has 0 fully saturated rings. The van der Waals surface area contributed by atoms with Crippen LogP contribution >= 0.6 is 11.6 Å². The van der Waals surface area contributed by atoms with Crippen molar-refractivity contribution in [1.29, 1.82) is 0 Å². The number of hydrogen-bond acceptors (Lipinski definition) is 6. The molecule has 0 amide bonds. The largest absolute Gasteiger partial charge is 0.494 e. The first-order valence-corrected chi connectivity index (χ1v) is 7.67. The molecule has 2 aromatic carbocycles. The molecule has 130 valence electrons. The maximum absolute atomic E-state index is 12.0. The number of nitro benzene ring substituents is 1. The topological polar surface area (TPSA) is 95.7 Å². The van der Waals surface area contributed by atoms with Gasteiger partial charge in [-0.05, 0) is 43.3 Å². The van der Waals surface area contributed by atoms with Gasteiger partial charge in [0.25, 0.3) is 5.69 Å². The number of esters is 1. The zero-order valence-corrected chi connectivity index (χ0v) is 14.0. The van der Waals surface area contributed by atoms with Crippen molar-refractivity contribution in [2.24, 2.45) is 0 Å². The fourth-order valence-electron chi connectivity index (χ4n) is 1.98. The summed E-state index contributed by atoms with van der Waals surface area (Å²) < 4.78 is 10.2. The van der Waals surface area contributed by atoms with Gasteiger partial charge in [-0.3, -0.25) is 14.9 Å². The van der Waals surface area contributed by atoms with Gasteiger partial charge in [0.1, 0.15) is 10.8 Å². The van der Waals surface area contributed by atoms with Crippen LogP contribution in [0.4, 0.5) is 5.69 Å². The summed E-state index contributed by atoms with van der Waals surface area (Å²) in [6.07, 6.45) is 0. The number of ether oxygens (including phenoxy) is 2. The monoisotopic (exact) mass is 363 g/mol. The molecule has 0 saturated carbocycles. The molecule has 0 unspecified atom stereocenters. The van der Waals surface area contributed by atoms with Crippen LogP contribution < -0.4 is 4.74 Å². The van der Waals surface area contributed by atoms with Crippen LogP contribution in [0.2, 0.25) is 5.02 Å². The minimum absolute atomic E-state index is 0.0596. The van der Waals surface area contributed by atoms with Gasteiger partial charge in [0.15, 0.2) is 12.4 Å². The summed E-state index contributed by atoms with van der Waals surface area (Å²) in [6.45, 7) is 1.88. The van der Waals surface area contributed by atoms with Crippen LogP contribution in [0.5, 0.6) is 5.75 Å². The van der Waals surface area contributed by atoms with Crippen molar-refractivity contribution >= 4 is 29.0 Å². The Morgan fingerprint density at radius 2 is 1.76 bits per heavy atom. The van der Waals surface area contributed by atoms with Gasteiger partial charge in [0.05, 0.1) is 17.1 Å². The third-order valence-electron chi connectivity index (χ3n) is 3.20. The first kappa shape index (κ1) is 18.4. The zero-order chi connectivity index (χ0) is 18.4. The molecule has 0 aliphatic heterocycles. The lowest BCUT2D eigenvalue weighted by molar-refractivity contribution is -0.384. The van der Waals surface area contributed by atoms with E-state index in [2.05, 4.69) is 0 Å². The molecule has 0 aliphatic rings. The summed E-state index contributed by atoms with van der Waals surface area (Å²) in [5.41, 5.74) is -0.108. The Morgan fingerprint density at radius 3 is 2.36 bits per heavy atom. The molecule has 0 radical (unpaired) electrons. The van der Waals surface area contributed by atoms with Gasteiger partial charge in [-0.15, -0.1) is 0 Å². The number of benzene rings is 2. The molecule has 0 N–H and O–H groups in total. The van der Waals surface area contributed by atoms with Crippen molar-refractivity contribution < 1.29 is 24.0 Å². The molecule has 0 aromatic heterocycles. The Labute approximate surface area is 148 Å². The van der Waals surface area contributed by atoms with E-state index >= 15 is 0 Å². The summed E-state index contributed by atoms with van der Waals surface area (Å²) in [6, 6.07) is 9.93. The lowest BCUT2D eigenvalue weighted by atomic mass is 10.1. The predicted molar refractivity (Wildman–Crippen MR) is 90.3 cm³/mol. The summed E-state index contributed by atoms with van der Waals surface area (Å²) in [5, 5.41) is 10.7. The average Bonchev–Trinajstić information content (AvgIpc) is 2.60. The fourth-order valence-corrected chi connectivity index (χ4v) is 2.17. The van der Waals surface area contributed by atoms with Crippen LogP contribution in [0.25, 0.3) is 0 Å². The van der Waals surface area contributed by atoms with Crippen LogP contribution in [0.15, 0.2) is 42.5 Å². The van der Waals surface area contributed by atoms with E-state index < -0.39 is 29.0 Å². The lowest BCUT2D eigenvalue weighted by Crippen LogP contribution is -2.14. The number of nitro groups is 1. The van der Waals surface area contributed by atoms with E-state index in [0.29, 0.717) is 17.9 Å². The molecule has 0 aliphatic carbocycles. The molecule has 0 heterocycles. The Balaban J connectivity index is 2.00. The Hall–Kier alpha value is -2.93. The second-order valence-electron chi connectivity index (χ2n) is 4.88. The van der Waals surface area contributed by atoms with Crippen molar-refractivity contribution in [2.75, 3.05) is 13.2 Å². The molecule has 8 heteroatoms. The molecule has 25 heavy (non-hydrogen) atoms. The summed E-state index contributed by atoms with van der Waals surface area (Å²) in [7, 11) is 0. The quantitative estimate of drug-likeness (QED) is 0.322. The molecule has 2 aromatic rings. The maximum atomic E-state index is 12.0. The number of halogens is 1. The molecule has 0 atom stereocenters. The summed E-state index contributed by atoms with van der Waals surface area (Å²) in [4.78, 5) is 34.1. The van der Waals surface area contributed by atoms with Crippen molar-refractivity contribution in [3.05, 3.63) is 68.7 Å². The van der Waals surface area contributed by atoms with Gasteiger partial charge in [0.2, 0.25) is 0 Å². The average molecular weight is 364 g/mol. The number of ketones is 1. The van der Waals surface area contributed by atoms with E-state index in [9.17, 15) is 19.7 Å².